The molecular weight excluding hydrogens is 1300 g/mol. The minimum atomic E-state index is -4.77. The summed E-state index contributed by atoms with van der Waals surface area (Å²) >= 11 is 6.13. The Hall–Kier alpha value is -7.10. The monoisotopic (exact) mass is 1400 g/mol. The average molecular weight is 1400 g/mol. The molecule has 0 bridgehead atoms. The van der Waals surface area contributed by atoms with E-state index in [0.717, 1.165) is 57.4 Å². The van der Waals surface area contributed by atoms with Crippen molar-refractivity contribution in [3.63, 3.8) is 0 Å². The van der Waals surface area contributed by atoms with E-state index in [1.54, 1.807) is 11.8 Å². The van der Waals surface area contributed by atoms with Crippen molar-refractivity contribution >= 4 is 82.5 Å². The highest BCUT2D eigenvalue weighted by atomic mass is 35.5. The van der Waals surface area contributed by atoms with Gasteiger partial charge in [-0.1, -0.05) is 83.9 Å². The third kappa shape index (κ3) is 19.7. The minimum Gasteiger partial charge on any atom is -0.379 e. The topological polar surface area (TPSA) is 279 Å². The number of alkyl halides is 3. The molecule has 5 aliphatic rings. The molecule has 548 valence electrons. The van der Waals surface area contributed by atoms with Gasteiger partial charge in [0.25, 0.3) is 0 Å². The Morgan fingerprint density at radius 1 is 0.663 bits per heavy atom. The van der Waals surface area contributed by atoms with E-state index in [9.17, 15) is 41.9 Å². The number of benzene rings is 1. The lowest BCUT2D eigenvalue weighted by molar-refractivity contribution is -0.157. The van der Waals surface area contributed by atoms with Gasteiger partial charge in [0.1, 0.15) is 47.8 Å². The van der Waals surface area contributed by atoms with Crippen LogP contribution in [0, 0.1) is 17.8 Å². The third-order valence-electron chi connectivity index (χ3n) is 20.8. The number of methoxy groups -OCH3 is 1. The number of nitrogens with one attached hydrogen (secondary N) is 3. The van der Waals surface area contributed by atoms with Gasteiger partial charge in [0.05, 0.1) is 42.7 Å². The first kappa shape index (κ1) is 79.9. The van der Waals surface area contributed by atoms with Crippen LogP contribution >= 0.6 is 11.6 Å². The SMILES string of the molecule is CC[C@H](C)[C@@H]1NC(=O)[C@H](CC(C)C)N(C)C(=O)C[C@@H](C(=O)N2CCCCC2)N(C)C(=O)[C@H](C2CCCCC2)N(C)C(=O)C2(CCCC2)NC(=O)C2CCCN2C(=O)[C@H](CCc2ccc(C(F)(F)F)c(Cl)c2)NC(=O)CN(C)C(=O)[C@H]([C@@H](C)OC)N(C)C(=O)CN(C)C(=O)CN(C)C1=O. The van der Waals surface area contributed by atoms with Crippen molar-refractivity contribution in [3.05, 3.63) is 34.3 Å². The van der Waals surface area contributed by atoms with E-state index in [4.69, 9.17) is 16.3 Å². The second-order valence-corrected chi connectivity index (χ2v) is 28.7. The Bertz CT molecular complexity index is 3050. The van der Waals surface area contributed by atoms with E-state index in [2.05, 4.69) is 16.0 Å². The van der Waals surface area contributed by atoms with Crippen LogP contribution in [0.15, 0.2) is 18.2 Å². The lowest BCUT2D eigenvalue weighted by Gasteiger charge is -2.43. The second-order valence-electron chi connectivity index (χ2n) is 28.3. The quantitative estimate of drug-likeness (QED) is 0.276. The smallest absolute Gasteiger partial charge is 0.379 e. The lowest BCUT2D eigenvalue weighted by Crippen LogP contribution is -2.65. The highest BCUT2D eigenvalue weighted by Crippen LogP contribution is 2.38. The molecular formula is C69H106ClF3N12O13. The predicted octanol–water partition coefficient (Wildman–Crippen LogP) is 4.49. The number of carbonyl (C=O) groups is 12. The average Bonchev–Trinajstić information content (AvgIpc) is 1.31. The van der Waals surface area contributed by atoms with Crippen molar-refractivity contribution in [3.8, 4) is 0 Å². The van der Waals surface area contributed by atoms with E-state index in [0.29, 0.717) is 64.5 Å². The van der Waals surface area contributed by atoms with Gasteiger partial charge in [0.2, 0.25) is 70.9 Å². The maximum Gasteiger partial charge on any atom is 0.417 e. The second kappa shape index (κ2) is 35.3. The Morgan fingerprint density at radius 2 is 1.28 bits per heavy atom. The fourth-order valence-electron chi connectivity index (χ4n) is 14.4. The Kier molecular flexibility index (Phi) is 28.8. The van der Waals surface area contributed by atoms with E-state index < -0.39 is 179 Å². The number of rotatable bonds is 11. The molecule has 9 atom stereocenters. The highest BCUT2D eigenvalue weighted by molar-refractivity contribution is 6.31. The maximum atomic E-state index is 15.8. The van der Waals surface area contributed by atoms with Crippen molar-refractivity contribution in [2.24, 2.45) is 17.8 Å². The van der Waals surface area contributed by atoms with Crippen LogP contribution in [0.2, 0.25) is 5.02 Å². The number of halogens is 4. The zero-order chi connectivity index (χ0) is 72.8. The van der Waals surface area contributed by atoms with Gasteiger partial charge in [-0.25, -0.2) is 0 Å². The Labute approximate surface area is 580 Å². The number of likely N-dealkylation sites (tertiary alicyclic amines) is 1. The van der Waals surface area contributed by atoms with Crippen molar-refractivity contribution < 1.29 is 75.4 Å². The van der Waals surface area contributed by atoms with E-state index in [1.165, 1.54) is 89.0 Å². The van der Waals surface area contributed by atoms with Gasteiger partial charge >= 0.3 is 6.18 Å². The number of ether oxygens (including phenoxy) is 1. The summed E-state index contributed by atoms with van der Waals surface area (Å²) in [5.74, 6) is -9.27. The zero-order valence-electron chi connectivity index (χ0n) is 59.6. The lowest BCUT2D eigenvalue weighted by atomic mass is 9.81. The normalized spacial score (nSPS) is 26.4. The van der Waals surface area contributed by atoms with Gasteiger partial charge in [-0.05, 0) is 119 Å². The van der Waals surface area contributed by atoms with Gasteiger partial charge in [-0.15, -0.1) is 0 Å². The zero-order valence-corrected chi connectivity index (χ0v) is 60.4. The van der Waals surface area contributed by atoms with Crippen molar-refractivity contribution in [2.75, 3.05) is 95.7 Å². The molecule has 1 aromatic carbocycles. The van der Waals surface area contributed by atoms with Crippen LogP contribution in [-0.4, -0.2) is 265 Å². The van der Waals surface area contributed by atoms with Crippen molar-refractivity contribution in [1.82, 2.24) is 60.0 Å². The van der Waals surface area contributed by atoms with Crippen molar-refractivity contribution in [2.45, 2.75) is 217 Å². The molecule has 3 heterocycles. The molecule has 5 fully saturated rings. The number of nitrogens with zero attached hydrogens (tertiary/aromatic N) is 9. The van der Waals surface area contributed by atoms with Crippen LogP contribution in [0.5, 0.6) is 0 Å². The van der Waals surface area contributed by atoms with E-state index >= 15 is 28.8 Å². The van der Waals surface area contributed by atoms with Crippen LogP contribution in [0.25, 0.3) is 0 Å². The first-order chi connectivity index (χ1) is 46.1. The van der Waals surface area contributed by atoms with Crippen LogP contribution in [0.4, 0.5) is 13.2 Å². The Morgan fingerprint density at radius 3 is 1.87 bits per heavy atom. The number of piperidine rings is 1. The molecule has 3 saturated heterocycles. The van der Waals surface area contributed by atoms with Crippen molar-refractivity contribution in [1.29, 1.82) is 0 Å². The summed E-state index contributed by atoms with van der Waals surface area (Å²) in [6.45, 7) is 7.70. The van der Waals surface area contributed by atoms with Gasteiger partial charge in [-0.2, -0.15) is 13.2 Å². The number of aryl methyl sites for hydroxylation is 1. The number of carbonyl (C=O) groups excluding carboxylic acids is 12. The molecule has 29 heteroatoms. The molecule has 1 spiro atoms. The maximum absolute atomic E-state index is 15.8. The highest BCUT2D eigenvalue weighted by Gasteiger charge is 2.51. The molecule has 6 rings (SSSR count). The van der Waals surface area contributed by atoms with Crippen LogP contribution in [0.3, 0.4) is 0 Å². The number of amides is 12. The standard InChI is InChI=1S/C69H106ClF3N12O13/c1-14-43(4)57-64(94)79(8)40-55(88)77(6)41-56(89)82(11)58(44(5)98-13)65(95)78(7)39-53(86)74-49(30-28-45-27-29-47(48(70)37-45)69(71,72)73)62(92)85-35-23-26-50(85)61(91)76-68(31-19-20-32-68)67(97)83(12)59(46-24-17-15-18-25-46)66(96)81(10)52(63(93)84-33-21-16-22-34-84)38-54(87)80(9)51(36-42(2)3)60(90)75-57/h27,29,37,42-44,46,49-52,57-59H,14-26,28,30-36,38-41H2,1-13H3,(H,74,86)(H,75,90)(H,76,91)/t43-,44+,49-,50?,51-,52-,57-,58-,59-/m0/s1. The first-order valence-electron chi connectivity index (χ1n) is 34.8. The van der Waals surface area contributed by atoms with Gasteiger partial charge in [0, 0.05) is 76.1 Å². The third-order valence-corrected chi connectivity index (χ3v) is 21.1. The summed E-state index contributed by atoms with van der Waals surface area (Å²) in [6, 6.07) is -5.95. The molecule has 1 aromatic rings. The molecule has 2 aliphatic carbocycles. The molecule has 0 aromatic heterocycles. The van der Waals surface area contributed by atoms with E-state index in [1.807, 2.05) is 20.8 Å². The molecule has 1 unspecified atom stereocenters. The summed E-state index contributed by atoms with van der Waals surface area (Å²) in [4.78, 5) is 189. The number of likely N-dealkylation sites (N-methyl/N-ethyl adjacent to an activating group) is 7. The summed E-state index contributed by atoms with van der Waals surface area (Å²) in [5, 5.41) is 8.06. The van der Waals surface area contributed by atoms with Gasteiger partial charge in [-0.3, -0.25) is 57.5 Å². The largest absolute Gasteiger partial charge is 0.417 e. The fraction of sp³-hybridized carbons (Fsp3) is 0.739. The molecule has 25 nitrogen and oxygen atoms in total. The molecule has 12 amide bonds. The Balaban J connectivity index is 1.44. The summed E-state index contributed by atoms with van der Waals surface area (Å²) in [7, 11) is 11.0. The number of hydrogen-bond donors (Lipinski definition) is 3. The van der Waals surface area contributed by atoms with Gasteiger partial charge < -0.3 is 64.8 Å². The minimum absolute atomic E-state index is 0.0195. The van der Waals surface area contributed by atoms with Gasteiger partial charge in [0.15, 0.2) is 0 Å². The first-order valence-corrected chi connectivity index (χ1v) is 35.2. The molecule has 3 N–H and O–H groups in total. The molecule has 0 radical (unpaired) electrons. The summed E-state index contributed by atoms with van der Waals surface area (Å²) < 4.78 is 47.0. The molecule has 98 heavy (non-hydrogen) atoms. The van der Waals surface area contributed by atoms with Crippen LogP contribution < -0.4 is 16.0 Å². The van der Waals surface area contributed by atoms with E-state index in [-0.39, 0.29) is 56.6 Å². The predicted molar refractivity (Wildman–Crippen MR) is 359 cm³/mol. The molecule has 2 saturated carbocycles. The van der Waals surface area contributed by atoms with Crippen LogP contribution in [-0.2, 0) is 74.9 Å². The number of hydrogen-bond acceptors (Lipinski definition) is 13. The summed E-state index contributed by atoms with van der Waals surface area (Å²) in [5.41, 5.74) is -2.38. The fourth-order valence-corrected chi connectivity index (χ4v) is 14.8. The summed E-state index contributed by atoms with van der Waals surface area (Å²) in [6.07, 6.45) is 1.33. The van der Waals surface area contributed by atoms with Crippen LogP contribution in [0.1, 0.15) is 161 Å². The molecule has 3 aliphatic heterocycles. The number of fused-ring (bicyclic) bond motifs is 1.